The fourth-order valence-corrected chi connectivity index (χ4v) is 3.59. The van der Waals surface area contributed by atoms with Gasteiger partial charge in [0.05, 0.1) is 26.7 Å². The van der Waals surface area contributed by atoms with Crippen molar-refractivity contribution in [3.05, 3.63) is 70.1 Å². The average molecular weight is 448 g/mol. The molecule has 146 valence electrons. The van der Waals surface area contributed by atoms with Crippen LogP contribution >= 0.6 is 15.9 Å². The molecule has 0 radical (unpaired) electrons. The van der Waals surface area contributed by atoms with Gasteiger partial charge in [-0.3, -0.25) is 9.59 Å². The number of methoxy groups -OCH3 is 2. The smallest absolute Gasteiger partial charge is 0.231 e. The highest BCUT2D eigenvalue weighted by Gasteiger charge is 2.29. The summed E-state index contributed by atoms with van der Waals surface area (Å²) in [7, 11) is 3.07. The summed E-state index contributed by atoms with van der Waals surface area (Å²) in [4.78, 5) is 26.5. The van der Waals surface area contributed by atoms with Crippen LogP contribution in [0.1, 0.15) is 23.6 Å². The fourth-order valence-electron chi connectivity index (χ4n) is 3.13. The summed E-state index contributed by atoms with van der Waals surface area (Å²) in [5, 5.41) is 0. The summed E-state index contributed by atoms with van der Waals surface area (Å²) in [5.74, 6) is 0.441. The number of ether oxygens (including phenoxy) is 2. The highest BCUT2D eigenvalue weighted by molar-refractivity contribution is 9.10. The topological polar surface area (TPSA) is 55.8 Å². The molecule has 1 aliphatic heterocycles. The molecule has 1 amide bonds. The fraction of sp³-hybridized carbons (Fsp3) is 0.238. The van der Waals surface area contributed by atoms with Gasteiger partial charge in [-0.15, -0.1) is 0 Å². The molecule has 0 aliphatic carbocycles. The standard InChI is InChI=1S/C21H19BrFNO4/c1-27-19-9-14(17(22)12-20(19)28-2)10-21(26)24-8-7-16(25)11-18(24)13-3-5-15(23)6-4-13/h3-9,12,18H,10-11H2,1-2H3. The van der Waals surface area contributed by atoms with Gasteiger partial charge in [0.2, 0.25) is 5.91 Å². The molecule has 5 nitrogen and oxygen atoms in total. The first-order chi connectivity index (χ1) is 13.4. The number of amides is 1. The number of hydrogen-bond donors (Lipinski definition) is 0. The normalized spacial score (nSPS) is 16.2. The van der Waals surface area contributed by atoms with Gasteiger partial charge in [0.15, 0.2) is 17.3 Å². The van der Waals surface area contributed by atoms with Crippen LogP contribution in [0.2, 0.25) is 0 Å². The van der Waals surface area contributed by atoms with Crippen molar-refractivity contribution in [1.82, 2.24) is 4.90 Å². The van der Waals surface area contributed by atoms with Crippen molar-refractivity contribution in [1.29, 1.82) is 0 Å². The maximum Gasteiger partial charge on any atom is 0.231 e. The number of carbonyl (C=O) groups excluding carboxylic acids is 2. The van der Waals surface area contributed by atoms with E-state index in [2.05, 4.69) is 15.9 Å². The van der Waals surface area contributed by atoms with Crippen molar-refractivity contribution in [3.63, 3.8) is 0 Å². The predicted octanol–water partition coefficient (Wildman–Crippen LogP) is 4.20. The van der Waals surface area contributed by atoms with E-state index in [4.69, 9.17) is 9.47 Å². The monoisotopic (exact) mass is 447 g/mol. The maximum atomic E-state index is 13.3. The van der Waals surface area contributed by atoms with Crippen LogP contribution in [0.25, 0.3) is 0 Å². The van der Waals surface area contributed by atoms with E-state index in [-0.39, 0.29) is 30.3 Å². The Balaban J connectivity index is 1.88. The summed E-state index contributed by atoms with van der Waals surface area (Å²) in [6.07, 6.45) is 3.14. The molecule has 1 aliphatic rings. The van der Waals surface area contributed by atoms with Crippen LogP contribution in [0.5, 0.6) is 11.5 Å². The molecule has 0 spiro atoms. The maximum absolute atomic E-state index is 13.3. The SMILES string of the molecule is COc1cc(Br)c(CC(=O)N2C=CC(=O)CC2c2ccc(F)cc2)cc1OC. The van der Waals surface area contributed by atoms with Crippen LogP contribution in [0.15, 0.2) is 53.1 Å². The number of allylic oxidation sites excluding steroid dienone is 1. The summed E-state index contributed by atoms with van der Waals surface area (Å²) in [6, 6.07) is 8.86. The molecule has 1 heterocycles. The second kappa shape index (κ2) is 8.56. The summed E-state index contributed by atoms with van der Waals surface area (Å²) in [6.45, 7) is 0. The van der Waals surface area contributed by atoms with E-state index in [0.29, 0.717) is 21.5 Å². The minimum absolute atomic E-state index is 0.0781. The second-order valence-electron chi connectivity index (χ2n) is 6.33. The molecule has 0 N–H and O–H groups in total. The van der Waals surface area contributed by atoms with Crippen LogP contribution in [0.4, 0.5) is 4.39 Å². The Labute approximate surface area is 170 Å². The van der Waals surface area contributed by atoms with E-state index in [9.17, 15) is 14.0 Å². The van der Waals surface area contributed by atoms with Gasteiger partial charge in [0.1, 0.15) is 5.82 Å². The first-order valence-corrected chi connectivity index (χ1v) is 9.40. The molecule has 2 aromatic carbocycles. The van der Waals surface area contributed by atoms with E-state index in [1.165, 1.54) is 43.5 Å². The minimum atomic E-state index is -0.468. The Hall–Kier alpha value is -2.67. The van der Waals surface area contributed by atoms with Gasteiger partial charge in [-0.05, 0) is 41.5 Å². The molecule has 0 aromatic heterocycles. The molecular weight excluding hydrogens is 429 g/mol. The van der Waals surface area contributed by atoms with Gasteiger partial charge in [-0.2, -0.15) is 0 Å². The van der Waals surface area contributed by atoms with Crippen molar-refractivity contribution >= 4 is 27.6 Å². The third kappa shape index (κ3) is 4.25. The molecule has 0 bridgehead atoms. The number of carbonyl (C=O) groups is 2. The Morgan fingerprint density at radius 2 is 1.82 bits per heavy atom. The largest absolute Gasteiger partial charge is 0.493 e. The van der Waals surface area contributed by atoms with Gasteiger partial charge < -0.3 is 14.4 Å². The van der Waals surface area contributed by atoms with Gasteiger partial charge in [-0.1, -0.05) is 28.1 Å². The van der Waals surface area contributed by atoms with Crippen molar-refractivity contribution in [2.45, 2.75) is 18.9 Å². The van der Waals surface area contributed by atoms with E-state index in [0.717, 1.165) is 5.56 Å². The Bertz CT molecular complexity index is 927. The lowest BCUT2D eigenvalue weighted by molar-refractivity contribution is -0.131. The molecule has 0 saturated carbocycles. The van der Waals surface area contributed by atoms with Crippen LogP contribution in [0, 0.1) is 5.82 Å². The zero-order chi connectivity index (χ0) is 20.3. The van der Waals surface area contributed by atoms with E-state index in [1.54, 1.807) is 24.3 Å². The number of benzene rings is 2. The van der Waals surface area contributed by atoms with Crippen molar-refractivity contribution < 1.29 is 23.5 Å². The summed E-state index contributed by atoms with van der Waals surface area (Å²) < 4.78 is 24.5. The second-order valence-corrected chi connectivity index (χ2v) is 7.18. The molecule has 0 fully saturated rings. The van der Waals surface area contributed by atoms with Crippen LogP contribution in [-0.4, -0.2) is 30.8 Å². The minimum Gasteiger partial charge on any atom is -0.493 e. The van der Waals surface area contributed by atoms with Crippen molar-refractivity contribution in [3.8, 4) is 11.5 Å². The van der Waals surface area contributed by atoms with Gasteiger partial charge in [0.25, 0.3) is 0 Å². The van der Waals surface area contributed by atoms with Gasteiger partial charge in [0, 0.05) is 17.1 Å². The van der Waals surface area contributed by atoms with Gasteiger partial charge in [-0.25, -0.2) is 4.39 Å². The molecule has 1 unspecified atom stereocenters. The molecule has 1 atom stereocenters. The zero-order valence-corrected chi connectivity index (χ0v) is 17.0. The number of ketones is 1. The average Bonchev–Trinajstić information content (AvgIpc) is 2.69. The van der Waals surface area contributed by atoms with E-state index >= 15 is 0 Å². The van der Waals surface area contributed by atoms with Crippen LogP contribution < -0.4 is 9.47 Å². The van der Waals surface area contributed by atoms with Crippen LogP contribution in [-0.2, 0) is 16.0 Å². The molecular formula is C21H19BrFNO4. The molecule has 28 heavy (non-hydrogen) atoms. The van der Waals surface area contributed by atoms with E-state index in [1.807, 2.05) is 0 Å². The highest BCUT2D eigenvalue weighted by Crippen LogP contribution is 2.35. The number of hydrogen-bond acceptors (Lipinski definition) is 4. The molecule has 3 rings (SSSR count). The highest BCUT2D eigenvalue weighted by atomic mass is 79.9. The Kier molecular flexibility index (Phi) is 6.14. The third-order valence-electron chi connectivity index (χ3n) is 4.59. The summed E-state index contributed by atoms with van der Waals surface area (Å²) >= 11 is 3.46. The first kappa shape index (κ1) is 20.1. The van der Waals surface area contributed by atoms with Gasteiger partial charge >= 0.3 is 0 Å². The first-order valence-electron chi connectivity index (χ1n) is 8.61. The predicted molar refractivity (Wildman–Crippen MR) is 106 cm³/mol. The van der Waals surface area contributed by atoms with E-state index < -0.39 is 6.04 Å². The molecule has 2 aromatic rings. The lowest BCUT2D eigenvalue weighted by Gasteiger charge is -2.31. The number of halogens is 2. The van der Waals surface area contributed by atoms with Crippen LogP contribution in [0.3, 0.4) is 0 Å². The number of nitrogens with zero attached hydrogens (tertiary/aromatic N) is 1. The quantitative estimate of drug-likeness (QED) is 0.688. The molecule has 0 saturated heterocycles. The lowest BCUT2D eigenvalue weighted by atomic mass is 9.96. The lowest BCUT2D eigenvalue weighted by Crippen LogP contribution is -2.35. The summed E-state index contributed by atoms with van der Waals surface area (Å²) in [5.41, 5.74) is 1.43. The number of rotatable bonds is 5. The Morgan fingerprint density at radius 1 is 1.18 bits per heavy atom. The van der Waals surface area contributed by atoms with Crippen molar-refractivity contribution in [2.75, 3.05) is 14.2 Å². The Morgan fingerprint density at radius 3 is 2.46 bits per heavy atom. The van der Waals surface area contributed by atoms with Crippen molar-refractivity contribution in [2.24, 2.45) is 0 Å². The third-order valence-corrected chi connectivity index (χ3v) is 5.33. The molecule has 7 heteroatoms. The zero-order valence-electron chi connectivity index (χ0n) is 15.4.